The number of ether oxygens (including phenoxy) is 1. The van der Waals surface area contributed by atoms with Crippen molar-refractivity contribution in [1.82, 2.24) is 9.97 Å². The van der Waals surface area contributed by atoms with Gasteiger partial charge in [-0.25, -0.2) is 4.98 Å². The molecule has 1 aromatic rings. The summed E-state index contributed by atoms with van der Waals surface area (Å²) in [6.07, 6.45) is 0.684. The van der Waals surface area contributed by atoms with E-state index in [1.807, 2.05) is 0 Å². The fourth-order valence-electron chi connectivity index (χ4n) is 0.861. The summed E-state index contributed by atoms with van der Waals surface area (Å²) in [5.41, 5.74) is 11.7. The quantitative estimate of drug-likeness (QED) is 0.639. The van der Waals surface area contributed by atoms with Crippen LogP contribution < -0.4 is 16.2 Å². The van der Waals surface area contributed by atoms with Gasteiger partial charge in [0.25, 0.3) is 0 Å². The number of nitrogens with two attached hydrogens (primary N) is 2. The second-order valence-electron chi connectivity index (χ2n) is 2.31. The summed E-state index contributed by atoms with van der Waals surface area (Å²) >= 11 is 0. The number of nitrogens with zero attached hydrogens (tertiary/aromatic N) is 2. The minimum atomic E-state index is 0.290. The lowest BCUT2D eigenvalue weighted by atomic mass is 10.3. The van der Waals surface area contributed by atoms with Crippen LogP contribution in [0.2, 0.25) is 0 Å². The zero-order chi connectivity index (χ0) is 8.97. The number of aromatic nitrogens is 2. The van der Waals surface area contributed by atoms with E-state index < -0.39 is 0 Å². The molecule has 0 saturated heterocycles. The van der Waals surface area contributed by atoms with Crippen molar-refractivity contribution in [3.8, 4) is 6.01 Å². The highest BCUT2D eigenvalue weighted by atomic mass is 16.5. The first-order valence-corrected chi connectivity index (χ1v) is 3.63. The number of methoxy groups -OCH3 is 1. The molecule has 5 nitrogen and oxygen atoms in total. The second kappa shape index (κ2) is 3.87. The highest BCUT2D eigenvalue weighted by Gasteiger charge is 2.00. The van der Waals surface area contributed by atoms with Crippen LogP contribution >= 0.6 is 0 Å². The third-order valence-corrected chi connectivity index (χ3v) is 1.36. The molecule has 1 heterocycles. The fraction of sp³-hybridized carbons (Fsp3) is 0.429. The molecule has 0 aromatic carbocycles. The van der Waals surface area contributed by atoms with Gasteiger partial charge in [0.05, 0.1) is 12.8 Å². The first kappa shape index (κ1) is 8.73. The molecule has 1 rings (SSSR count). The van der Waals surface area contributed by atoms with Gasteiger partial charge in [-0.2, -0.15) is 4.98 Å². The van der Waals surface area contributed by atoms with Crippen LogP contribution in [0.4, 0.5) is 5.82 Å². The predicted octanol–water partition coefficient (Wildman–Crippen LogP) is -0.431. The molecule has 0 spiro atoms. The van der Waals surface area contributed by atoms with Crippen molar-refractivity contribution in [2.24, 2.45) is 5.73 Å². The summed E-state index contributed by atoms with van der Waals surface area (Å²) in [6.45, 7) is 0.541. The smallest absolute Gasteiger partial charge is 0.318 e. The van der Waals surface area contributed by atoms with E-state index in [0.29, 0.717) is 24.8 Å². The summed E-state index contributed by atoms with van der Waals surface area (Å²) in [6, 6.07) is 1.98. The van der Waals surface area contributed by atoms with Crippen LogP contribution in [-0.2, 0) is 6.42 Å². The number of anilines is 1. The van der Waals surface area contributed by atoms with Gasteiger partial charge in [0.1, 0.15) is 5.82 Å². The van der Waals surface area contributed by atoms with Gasteiger partial charge in [-0.05, 0) is 6.54 Å². The minimum absolute atomic E-state index is 0.290. The van der Waals surface area contributed by atoms with Gasteiger partial charge in [-0.3, -0.25) is 0 Å². The molecule has 0 aliphatic carbocycles. The predicted molar refractivity (Wildman–Crippen MR) is 45.8 cm³/mol. The van der Waals surface area contributed by atoms with Crippen molar-refractivity contribution in [3.05, 3.63) is 11.8 Å². The van der Waals surface area contributed by atoms with Crippen LogP contribution in [0.3, 0.4) is 0 Å². The standard InChI is InChI=1S/C7H12N4O/c1-12-7-10-5(2-3-8)4-6(9)11-7/h4H,2-3,8H2,1H3,(H2,9,10,11). The Morgan fingerprint density at radius 1 is 1.50 bits per heavy atom. The average molecular weight is 168 g/mol. The van der Waals surface area contributed by atoms with E-state index in [1.165, 1.54) is 7.11 Å². The molecule has 1 aromatic heterocycles. The Hall–Kier alpha value is -1.36. The van der Waals surface area contributed by atoms with Gasteiger partial charge in [0.2, 0.25) is 0 Å². The van der Waals surface area contributed by atoms with Crippen LogP contribution in [0.5, 0.6) is 6.01 Å². The Balaban J connectivity index is 2.90. The van der Waals surface area contributed by atoms with Crippen molar-refractivity contribution in [1.29, 1.82) is 0 Å². The lowest BCUT2D eigenvalue weighted by Crippen LogP contribution is -2.07. The lowest BCUT2D eigenvalue weighted by Gasteiger charge is -2.02. The Labute approximate surface area is 70.8 Å². The average Bonchev–Trinajstić information content (AvgIpc) is 2.04. The number of hydrogen-bond donors (Lipinski definition) is 2. The molecular weight excluding hydrogens is 156 g/mol. The van der Waals surface area contributed by atoms with Gasteiger partial charge >= 0.3 is 6.01 Å². The molecule has 0 amide bonds. The first-order chi connectivity index (χ1) is 5.76. The maximum Gasteiger partial charge on any atom is 0.318 e. The second-order valence-corrected chi connectivity index (χ2v) is 2.31. The molecule has 0 unspecified atom stereocenters. The highest BCUT2D eigenvalue weighted by molar-refractivity contribution is 5.31. The molecule has 0 aliphatic rings. The van der Waals surface area contributed by atoms with Crippen LogP contribution in [0.15, 0.2) is 6.07 Å². The van der Waals surface area contributed by atoms with E-state index in [0.717, 1.165) is 5.69 Å². The van der Waals surface area contributed by atoms with E-state index >= 15 is 0 Å². The molecule has 0 atom stereocenters. The number of nitrogen functional groups attached to an aromatic ring is 1. The molecule has 66 valence electrons. The number of rotatable bonds is 3. The molecule has 0 saturated carbocycles. The van der Waals surface area contributed by atoms with E-state index in [9.17, 15) is 0 Å². The summed E-state index contributed by atoms with van der Waals surface area (Å²) in [4.78, 5) is 7.89. The Morgan fingerprint density at radius 2 is 2.25 bits per heavy atom. The van der Waals surface area contributed by atoms with Crippen LogP contribution in [0, 0.1) is 0 Å². The zero-order valence-electron chi connectivity index (χ0n) is 6.95. The number of hydrogen-bond acceptors (Lipinski definition) is 5. The van der Waals surface area contributed by atoms with Crippen molar-refractivity contribution in [2.45, 2.75) is 6.42 Å². The SMILES string of the molecule is COc1nc(N)cc(CCN)n1. The third kappa shape index (κ3) is 2.06. The molecule has 4 N–H and O–H groups in total. The normalized spacial score (nSPS) is 9.83. The van der Waals surface area contributed by atoms with Gasteiger partial charge in [0, 0.05) is 12.5 Å². The molecule has 0 bridgehead atoms. The molecular formula is C7H12N4O. The summed E-state index contributed by atoms with van der Waals surface area (Å²) < 4.78 is 4.84. The van der Waals surface area contributed by atoms with E-state index in [4.69, 9.17) is 16.2 Å². The fourth-order valence-corrected chi connectivity index (χ4v) is 0.861. The van der Waals surface area contributed by atoms with Crippen molar-refractivity contribution >= 4 is 5.82 Å². The van der Waals surface area contributed by atoms with Crippen molar-refractivity contribution in [2.75, 3.05) is 19.4 Å². The monoisotopic (exact) mass is 168 g/mol. The summed E-state index contributed by atoms with van der Waals surface area (Å²) in [5, 5.41) is 0. The van der Waals surface area contributed by atoms with Gasteiger partial charge in [-0.1, -0.05) is 0 Å². The minimum Gasteiger partial charge on any atom is -0.467 e. The van der Waals surface area contributed by atoms with E-state index in [1.54, 1.807) is 6.07 Å². The Bertz CT molecular complexity index is 264. The van der Waals surface area contributed by atoms with Gasteiger partial charge in [-0.15, -0.1) is 0 Å². The van der Waals surface area contributed by atoms with Crippen LogP contribution in [-0.4, -0.2) is 23.6 Å². The van der Waals surface area contributed by atoms with Crippen molar-refractivity contribution in [3.63, 3.8) is 0 Å². The molecule has 0 aliphatic heterocycles. The maximum atomic E-state index is 5.49. The topological polar surface area (TPSA) is 87.0 Å². The van der Waals surface area contributed by atoms with Crippen molar-refractivity contribution < 1.29 is 4.74 Å². The molecule has 12 heavy (non-hydrogen) atoms. The molecule has 0 fully saturated rings. The first-order valence-electron chi connectivity index (χ1n) is 3.63. The summed E-state index contributed by atoms with van der Waals surface area (Å²) in [5.74, 6) is 0.408. The summed E-state index contributed by atoms with van der Waals surface area (Å²) in [7, 11) is 1.50. The van der Waals surface area contributed by atoms with E-state index in [-0.39, 0.29) is 0 Å². The van der Waals surface area contributed by atoms with Gasteiger partial charge < -0.3 is 16.2 Å². The maximum absolute atomic E-state index is 5.49. The van der Waals surface area contributed by atoms with Crippen LogP contribution in [0.25, 0.3) is 0 Å². The third-order valence-electron chi connectivity index (χ3n) is 1.36. The van der Waals surface area contributed by atoms with E-state index in [2.05, 4.69) is 9.97 Å². The zero-order valence-corrected chi connectivity index (χ0v) is 6.95. The van der Waals surface area contributed by atoms with Gasteiger partial charge in [0.15, 0.2) is 0 Å². The largest absolute Gasteiger partial charge is 0.467 e. The molecule has 0 radical (unpaired) electrons. The van der Waals surface area contributed by atoms with Crippen LogP contribution in [0.1, 0.15) is 5.69 Å². The highest BCUT2D eigenvalue weighted by Crippen LogP contribution is 2.08. The Morgan fingerprint density at radius 3 is 2.83 bits per heavy atom. The Kier molecular flexibility index (Phi) is 2.82. The lowest BCUT2D eigenvalue weighted by molar-refractivity contribution is 0.379. The molecule has 5 heteroatoms.